The predicted molar refractivity (Wildman–Crippen MR) is 68.3 cm³/mol. The van der Waals surface area contributed by atoms with Crippen LogP contribution in [0.5, 0.6) is 0 Å². The van der Waals surface area contributed by atoms with E-state index >= 15 is 0 Å². The van der Waals surface area contributed by atoms with Crippen LogP contribution in [0, 0.1) is 17.3 Å². The Bertz CT molecular complexity index is 462. The molecule has 0 bridgehead atoms. The van der Waals surface area contributed by atoms with E-state index in [0.29, 0.717) is 24.9 Å². The van der Waals surface area contributed by atoms with Gasteiger partial charge in [0, 0.05) is 24.5 Å². The number of sulfonamides is 1. The Kier molecular flexibility index (Phi) is 3.09. The van der Waals surface area contributed by atoms with Crippen LogP contribution < -0.4 is 10.5 Å². The monoisotopic (exact) mass is 275 g/mol. The topological polar surface area (TPSA) is 92.5 Å². The molecular weight excluding hydrogens is 254 g/mol. The van der Waals surface area contributed by atoms with Gasteiger partial charge in [0.1, 0.15) is 0 Å². The zero-order valence-corrected chi connectivity index (χ0v) is 11.8. The summed E-state index contributed by atoms with van der Waals surface area (Å²) in [6.07, 6.45) is 2.11. The van der Waals surface area contributed by atoms with E-state index in [1.54, 1.807) is 4.90 Å². The smallest absolute Gasteiger partial charge is 0.314 e. The summed E-state index contributed by atoms with van der Waals surface area (Å²) in [5.41, 5.74) is 5.20. The molecule has 1 aliphatic carbocycles. The second-order valence-electron chi connectivity index (χ2n) is 5.95. The largest absolute Gasteiger partial charge is 0.351 e. The molecule has 18 heavy (non-hydrogen) atoms. The summed E-state index contributed by atoms with van der Waals surface area (Å²) < 4.78 is 25.5. The summed E-state index contributed by atoms with van der Waals surface area (Å²) in [6.45, 7) is 5.21. The van der Waals surface area contributed by atoms with Crippen molar-refractivity contribution in [1.82, 2.24) is 9.62 Å². The van der Waals surface area contributed by atoms with Crippen LogP contribution >= 0.6 is 0 Å². The molecule has 2 fully saturated rings. The number of nitrogens with zero attached hydrogens (tertiary/aromatic N) is 1. The molecule has 2 rings (SSSR count). The van der Waals surface area contributed by atoms with Crippen LogP contribution in [0.4, 0.5) is 4.79 Å². The van der Waals surface area contributed by atoms with Gasteiger partial charge in [-0.2, -0.15) is 0 Å². The van der Waals surface area contributed by atoms with Gasteiger partial charge in [0.15, 0.2) is 0 Å². The van der Waals surface area contributed by atoms with Crippen molar-refractivity contribution in [3.05, 3.63) is 0 Å². The van der Waals surface area contributed by atoms with Gasteiger partial charge in [0.25, 0.3) is 0 Å². The van der Waals surface area contributed by atoms with Gasteiger partial charge in [0.05, 0.1) is 6.26 Å². The Morgan fingerprint density at radius 2 is 2.11 bits per heavy atom. The Labute approximate surface area is 108 Å². The highest BCUT2D eigenvalue weighted by Gasteiger charge is 2.64. The van der Waals surface area contributed by atoms with Crippen molar-refractivity contribution in [2.75, 3.05) is 19.3 Å². The summed E-state index contributed by atoms with van der Waals surface area (Å²) >= 11 is 0. The van der Waals surface area contributed by atoms with E-state index in [4.69, 9.17) is 5.73 Å². The van der Waals surface area contributed by atoms with Gasteiger partial charge in [-0.15, -0.1) is 0 Å². The summed E-state index contributed by atoms with van der Waals surface area (Å²) in [7, 11) is -3.27. The first kappa shape index (κ1) is 13.6. The maximum atomic E-state index is 11.4. The molecule has 1 heterocycles. The Morgan fingerprint density at radius 1 is 1.50 bits per heavy atom. The molecule has 2 aliphatic rings. The molecule has 104 valence electrons. The van der Waals surface area contributed by atoms with Crippen molar-refractivity contribution in [3.63, 3.8) is 0 Å². The van der Waals surface area contributed by atoms with E-state index in [-0.39, 0.29) is 11.5 Å². The Balaban J connectivity index is 2.19. The summed E-state index contributed by atoms with van der Waals surface area (Å²) in [6, 6.07) is -0.672. The van der Waals surface area contributed by atoms with Gasteiger partial charge >= 0.3 is 6.03 Å². The fraction of sp³-hybridized carbons (Fsp3) is 0.909. The number of urea groups is 1. The quantitative estimate of drug-likeness (QED) is 0.757. The normalized spacial score (nSPS) is 35.4. The molecule has 1 saturated heterocycles. The third-order valence-corrected chi connectivity index (χ3v) is 4.95. The molecule has 0 aromatic carbocycles. The first-order valence-electron chi connectivity index (χ1n) is 6.17. The minimum absolute atomic E-state index is 0.105. The maximum Gasteiger partial charge on any atom is 0.314 e. The lowest BCUT2D eigenvalue weighted by molar-refractivity contribution is 0.215. The van der Waals surface area contributed by atoms with Crippen molar-refractivity contribution < 1.29 is 13.2 Å². The lowest BCUT2D eigenvalue weighted by Gasteiger charge is -2.20. The van der Waals surface area contributed by atoms with Crippen molar-refractivity contribution in [3.8, 4) is 0 Å². The van der Waals surface area contributed by atoms with E-state index < -0.39 is 16.1 Å². The van der Waals surface area contributed by atoms with E-state index in [0.717, 1.165) is 12.7 Å². The lowest BCUT2D eigenvalue weighted by atomic mass is 9.93. The number of nitrogens with one attached hydrogen (secondary N) is 1. The van der Waals surface area contributed by atoms with Gasteiger partial charge in [-0.05, 0) is 18.3 Å². The van der Waals surface area contributed by atoms with Gasteiger partial charge in [-0.3, -0.25) is 0 Å². The highest BCUT2D eigenvalue weighted by molar-refractivity contribution is 7.88. The highest BCUT2D eigenvalue weighted by atomic mass is 32.2. The number of carbonyl (C=O) groups excluding carboxylic acids is 1. The number of hydrogen-bond acceptors (Lipinski definition) is 3. The number of nitrogens with two attached hydrogens (primary N) is 1. The predicted octanol–water partition coefficient (Wildman–Crippen LogP) is -0.0392. The summed E-state index contributed by atoms with van der Waals surface area (Å²) in [4.78, 5) is 12.8. The molecule has 0 aromatic heterocycles. The SMILES string of the molecule is CC(C)C1CC12CN(C(N)=O)CC2NS(C)(=O)=O. The summed E-state index contributed by atoms with van der Waals surface area (Å²) in [5.74, 6) is 0.947. The number of likely N-dealkylation sites (tertiary alicyclic amines) is 1. The molecule has 3 N–H and O–H groups in total. The van der Waals surface area contributed by atoms with Crippen LogP contribution in [0.25, 0.3) is 0 Å². The number of hydrogen-bond donors (Lipinski definition) is 2. The van der Waals surface area contributed by atoms with Crippen LogP contribution in [0.15, 0.2) is 0 Å². The molecular formula is C11H21N3O3S. The van der Waals surface area contributed by atoms with Crippen LogP contribution in [0.2, 0.25) is 0 Å². The minimum atomic E-state index is -3.27. The molecule has 0 radical (unpaired) electrons. The van der Waals surface area contributed by atoms with Gasteiger partial charge in [-0.25, -0.2) is 17.9 Å². The third-order valence-electron chi connectivity index (χ3n) is 4.23. The average molecular weight is 275 g/mol. The molecule has 7 heteroatoms. The van der Waals surface area contributed by atoms with Crippen molar-refractivity contribution in [1.29, 1.82) is 0 Å². The second-order valence-corrected chi connectivity index (χ2v) is 7.73. The van der Waals surface area contributed by atoms with E-state index in [2.05, 4.69) is 18.6 Å². The zero-order valence-electron chi connectivity index (χ0n) is 11.0. The standard InChI is InChI=1S/C11H21N3O3S/c1-7(2)8-4-11(8)6-14(10(12)15)5-9(11)13-18(3,16)17/h7-9,13H,4-6H2,1-3H3,(H2,12,15). The van der Waals surface area contributed by atoms with Crippen LogP contribution in [-0.4, -0.2) is 44.7 Å². The first-order chi connectivity index (χ1) is 8.16. The van der Waals surface area contributed by atoms with Gasteiger partial charge in [0.2, 0.25) is 10.0 Å². The average Bonchev–Trinajstić information content (AvgIpc) is 2.78. The number of carbonyl (C=O) groups is 1. The van der Waals surface area contributed by atoms with E-state index in [9.17, 15) is 13.2 Å². The number of rotatable bonds is 3. The highest BCUT2D eigenvalue weighted by Crippen LogP contribution is 2.61. The Hall–Kier alpha value is -0.820. The van der Waals surface area contributed by atoms with Crippen LogP contribution in [-0.2, 0) is 10.0 Å². The first-order valence-corrected chi connectivity index (χ1v) is 8.06. The van der Waals surface area contributed by atoms with E-state index in [1.165, 1.54) is 0 Å². The van der Waals surface area contributed by atoms with Gasteiger partial charge in [-0.1, -0.05) is 13.8 Å². The van der Waals surface area contributed by atoms with E-state index in [1.807, 2.05) is 0 Å². The zero-order chi connectivity index (χ0) is 13.7. The third kappa shape index (κ3) is 2.33. The molecule has 1 saturated carbocycles. The van der Waals surface area contributed by atoms with Crippen molar-refractivity contribution in [2.24, 2.45) is 23.0 Å². The molecule has 1 aliphatic heterocycles. The second kappa shape index (κ2) is 4.09. The van der Waals surface area contributed by atoms with Gasteiger partial charge < -0.3 is 10.6 Å². The molecule has 3 atom stereocenters. The fourth-order valence-corrected chi connectivity index (χ4v) is 4.17. The fourth-order valence-electron chi connectivity index (χ4n) is 3.35. The Morgan fingerprint density at radius 3 is 2.50 bits per heavy atom. The van der Waals surface area contributed by atoms with Crippen molar-refractivity contribution in [2.45, 2.75) is 26.3 Å². The molecule has 6 nitrogen and oxygen atoms in total. The molecule has 3 unspecified atom stereocenters. The lowest BCUT2D eigenvalue weighted by Crippen LogP contribution is -2.42. The number of amides is 2. The van der Waals surface area contributed by atoms with Crippen molar-refractivity contribution >= 4 is 16.1 Å². The van der Waals surface area contributed by atoms with Crippen LogP contribution in [0.3, 0.4) is 0 Å². The molecule has 2 amide bonds. The maximum absolute atomic E-state index is 11.4. The molecule has 1 spiro atoms. The van der Waals surface area contributed by atoms with Crippen LogP contribution in [0.1, 0.15) is 20.3 Å². The number of primary amides is 1. The molecule has 0 aromatic rings. The minimum Gasteiger partial charge on any atom is -0.351 e. The summed E-state index contributed by atoms with van der Waals surface area (Å²) in [5, 5.41) is 0.